The number of carboxylic acid groups (broad SMARTS) is 1. The van der Waals surface area contributed by atoms with Crippen LogP contribution >= 0.6 is 0 Å². The van der Waals surface area contributed by atoms with Crippen molar-refractivity contribution in [3.05, 3.63) is 53.1 Å². The van der Waals surface area contributed by atoms with Gasteiger partial charge >= 0.3 is 0 Å². The van der Waals surface area contributed by atoms with Crippen molar-refractivity contribution in [3.8, 4) is 16.9 Å². The predicted octanol–water partition coefficient (Wildman–Crippen LogP) is 7.64. The maximum atomic E-state index is 15.0. The summed E-state index contributed by atoms with van der Waals surface area (Å²) in [7, 11) is 0. The number of carbonyl (C=O) groups is 1. The van der Waals surface area contributed by atoms with Crippen molar-refractivity contribution in [1.29, 1.82) is 0 Å². The van der Waals surface area contributed by atoms with Gasteiger partial charge in [-0.25, -0.2) is 8.78 Å². The second-order valence-corrected chi connectivity index (χ2v) is 9.03. The summed E-state index contributed by atoms with van der Waals surface area (Å²) in [5.41, 5.74) is 0.118. The van der Waals surface area contributed by atoms with Crippen LogP contribution in [0.4, 0.5) is 8.78 Å². The van der Waals surface area contributed by atoms with Gasteiger partial charge < -0.3 is 14.6 Å². The highest BCUT2D eigenvalue weighted by Crippen LogP contribution is 2.32. The number of hydrogen-bond donors (Lipinski definition) is 0. The highest BCUT2D eigenvalue weighted by Gasteiger charge is 2.18. The molecule has 0 bridgehead atoms. The largest absolute Gasteiger partial charge is 0.545 e. The fourth-order valence-electron chi connectivity index (χ4n) is 4.17. The van der Waals surface area contributed by atoms with E-state index in [4.69, 9.17) is 4.74 Å². The number of carboxylic acids is 1. The van der Waals surface area contributed by atoms with Crippen LogP contribution in [0.2, 0.25) is 0 Å². The minimum absolute atomic E-state index is 0.0722. The first kappa shape index (κ1) is 27.8. The molecule has 0 heterocycles. The lowest BCUT2D eigenvalue weighted by molar-refractivity contribution is -0.254. The molecule has 34 heavy (non-hydrogen) atoms. The first-order chi connectivity index (χ1) is 16.5. The Balaban J connectivity index is 2.09. The number of rotatable bonds is 17. The van der Waals surface area contributed by atoms with E-state index in [1.165, 1.54) is 56.4 Å². The lowest BCUT2D eigenvalue weighted by Crippen LogP contribution is -2.23. The minimum atomic E-state index is -1.44. The van der Waals surface area contributed by atoms with Gasteiger partial charge in [0.1, 0.15) is 5.75 Å². The number of aryl methyl sites for hydroxylation is 1. The molecule has 0 spiro atoms. The fourth-order valence-corrected chi connectivity index (χ4v) is 4.17. The Morgan fingerprint density at radius 3 is 2.03 bits per heavy atom. The molecule has 0 unspecified atom stereocenters. The summed E-state index contributed by atoms with van der Waals surface area (Å²) in [5, 5.41) is 11.6. The molecule has 5 heteroatoms. The molecule has 0 saturated carbocycles. The Labute approximate surface area is 203 Å². The molecule has 188 valence electrons. The van der Waals surface area contributed by atoms with E-state index in [-0.39, 0.29) is 16.7 Å². The Morgan fingerprint density at radius 2 is 1.38 bits per heavy atom. The Bertz CT molecular complexity index is 895. The van der Waals surface area contributed by atoms with Gasteiger partial charge in [-0.2, -0.15) is 0 Å². The van der Waals surface area contributed by atoms with E-state index in [0.717, 1.165) is 44.9 Å². The van der Waals surface area contributed by atoms with Gasteiger partial charge in [0.15, 0.2) is 11.6 Å². The summed E-state index contributed by atoms with van der Waals surface area (Å²) in [6.45, 7) is 4.82. The molecule has 0 amide bonds. The third kappa shape index (κ3) is 8.73. The van der Waals surface area contributed by atoms with Gasteiger partial charge in [0, 0.05) is 11.1 Å². The molecule has 0 aliphatic carbocycles. The average Bonchev–Trinajstić information content (AvgIpc) is 2.83. The van der Waals surface area contributed by atoms with Crippen molar-refractivity contribution < 1.29 is 23.4 Å². The third-order valence-corrected chi connectivity index (χ3v) is 6.23. The molecular formula is C29H39F2O3-. The van der Waals surface area contributed by atoms with Crippen molar-refractivity contribution in [3.63, 3.8) is 0 Å². The summed E-state index contributed by atoms with van der Waals surface area (Å²) in [4.78, 5) is 11.6. The van der Waals surface area contributed by atoms with E-state index in [0.29, 0.717) is 24.3 Å². The van der Waals surface area contributed by atoms with Gasteiger partial charge in [0.25, 0.3) is 0 Å². The maximum absolute atomic E-state index is 15.0. The SMILES string of the molecule is CCCCCCCCOc1ccc(C(=O)[O-])c(-c2ccc(CCCCCCCC)c(F)c2F)c1. The smallest absolute Gasteiger partial charge is 0.166 e. The summed E-state index contributed by atoms with van der Waals surface area (Å²) in [6.07, 6.45) is 13.6. The van der Waals surface area contributed by atoms with Crippen LogP contribution in [0.5, 0.6) is 5.75 Å². The number of carbonyl (C=O) groups excluding carboxylic acids is 1. The van der Waals surface area contributed by atoms with Gasteiger partial charge in [-0.3, -0.25) is 0 Å². The van der Waals surface area contributed by atoms with Crippen LogP contribution in [-0.4, -0.2) is 12.6 Å². The van der Waals surface area contributed by atoms with Gasteiger partial charge in [0.05, 0.1) is 12.6 Å². The van der Waals surface area contributed by atoms with Crippen molar-refractivity contribution >= 4 is 5.97 Å². The van der Waals surface area contributed by atoms with Crippen LogP contribution in [0, 0.1) is 11.6 Å². The number of ether oxygens (including phenoxy) is 1. The Kier molecular flexibility index (Phi) is 12.7. The van der Waals surface area contributed by atoms with E-state index in [2.05, 4.69) is 13.8 Å². The van der Waals surface area contributed by atoms with E-state index in [1.807, 2.05) is 0 Å². The molecule has 0 aromatic heterocycles. The normalized spacial score (nSPS) is 11.1. The lowest BCUT2D eigenvalue weighted by atomic mass is 9.96. The summed E-state index contributed by atoms with van der Waals surface area (Å²) in [5.74, 6) is -2.94. The van der Waals surface area contributed by atoms with Crippen molar-refractivity contribution in [2.75, 3.05) is 6.61 Å². The number of unbranched alkanes of at least 4 members (excludes halogenated alkanes) is 10. The van der Waals surface area contributed by atoms with Crippen LogP contribution < -0.4 is 9.84 Å². The molecule has 0 aliphatic rings. The van der Waals surface area contributed by atoms with E-state index >= 15 is 4.39 Å². The van der Waals surface area contributed by atoms with E-state index < -0.39 is 17.6 Å². The van der Waals surface area contributed by atoms with E-state index in [1.54, 1.807) is 6.07 Å². The molecule has 0 fully saturated rings. The molecule has 0 N–H and O–H groups in total. The number of benzene rings is 2. The van der Waals surface area contributed by atoms with Crippen LogP contribution in [-0.2, 0) is 6.42 Å². The molecule has 0 radical (unpaired) electrons. The monoisotopic (exact) mass is 473 g/mol. The van der Waals surface area contributed by atoms with Crippen molar-refractivity contribution in [2.24, 2.45) is 0 Å². The van der Waals surface area contributed by atoms with Crippen LogP contribution in [0.1, 0.15) is 107 Å². The third-order valence-electron chi connectivity index (χ3n) is 6.23. The zero-order chi connectivity index (χ0) is 24.8. The van der Waals surface area contributed by atoms with Crippen molar-refractivity contribution in [1.82, 2.24) is 0 Å². The zero-order valence-corrected chi connectivity index (χ0v) is 20.8. The Morgan fingerprint density at radius 1 is 0.765 bits per heavy atom. The molecule has 2 rings (SSSR count). The number of aromatic carboxylic acids is 1. The van der Waals surface area contributed by atoms with Gasteiger partial charge in [-0.1, -0.05) is 90.2 Å². The van der Waals surface area contributed by atoms with Gasteiger partial charge in [-0.05, 0) is 48.6 Å². The zero-order valence-electron chi connectivity index (χ0n) is 20.8. The minimum Gasteiger partial charge on any atom is -0.545 e. The highest BCUT2D eigenvalue weighted by molar-refractivity contribution is 5.95. The van der Waals surface area contributed by atoms with Crippen molar-refractivity contribution in [2.45, 2.75) is 97.3 Å². The Hall–Kier alpha value is -2.43. The molecule has 0 saturated heterocycles. The first-order valence-corrected chi connectivity index (χ1v) is 12.9. The quantitative estimate of drug-likeness (QED) is 0.222. The number of hydrogen-bond acceptors (Lipinski definition) is 3. The molecule has 3 nitrogen and oxygen atoms in total. The molecule has 0 atom stereocenters. The second-order valence-electron chi connectivity index (χ2n) is 9.03. The van der Waals surface area contributed by atoms with Gasteiger partial charge in [0.2, 0.25) is 0 Å². The standard InChI is InChI=1S/C29H40F2O3/c1-3-5-7-9-11-13-15-22-16-18-24(28(31)27(22)30)26-21-23(17-19-25(26)29(32)33)34-20-14-12-10-8-6-4-2/h16-19,21H,3-15,20H2,1-2H3,(H,32,33)/p-1. The van der Waals surface area contributed by atoms with Crippen LogP contribution in [0.25, 0.3) is 11.1 Å². The highest BCUT2D eigenvalue weighted by atomic mass is 19.2. The average molecular weight is 474 g/mol. The second kappa shape index (κ2) is 15.5. The number of halogens is 2. The maximum Gasteiger partial charge on any atom is 0.166 e. The van der Waals surface area contributed by atoms with Gasteiger partial charge in [-0.15, -0.1) is 0 Å². The molecule has 2 aromatic carbocycles. The summed E-state index contributed by atoms with van der Waals surface area (Å²) < 4.78 is 35.6. The fraction of sp³-hybridized carbons (Fsp3) is 0.552. The first-order valence-electron chi connectivity index (χ1n) is 12.9. The van der Waals surface area contributed by atoms with E-state index in [9.17, 15) is 14.3 Å². The molecule has 2 aromatic rings. The van der Waals surface area contributed by atoms with Crippen LogP contribution in [0.3, 0.4) is 0 Å². The lowest BCUT2D eigenvalue weighted by Gasteiger charge is -2.15. The molecule has 0 aliphatic heterocycles. The molecular weight excluding hydrogens is 434 g/mol. The summed E-state index contributed by atoms with van der Waals surface area (Å²) in [6, 6.07) is 7.36. The summed E-state index contributed by atoms with van der Waals surface area (Å²) >= 11 is 0. The van der Waals surface area contributed by atoms with Crippen LogP contribution in [0.15, 0.2) is 30.3 Å². The predicted molar refractivity (Wildman–Crippen MR) is 132 cm³/mol. The topological polar surface area (TPSA) is 49.4 Å².